The van der Waals surface area contributed by atoms with Crippen LogP contribution in [0.3, 0.4) is 0 Å². The second-order valence-electron chi connectivity index (χ2n) is 7.56. The molecule has 3 heterocycles. The lowest BCUT2D eigenvalue weighted by atomic mass is 9.96. The quantitative estimate of drug-likeness (QED) is 0.863. The van der Waals surface area contributed by atoms with Gasteiger partial charge in [0.05, 0.1) is 13.0 Å². The minimum Gasteiger partial charge on any atom is -0.494 e. The summed E-state index contributed by atoms with van der Waals surface area (Å²) in [5.74, 6) is 2.16. The summed E-state index contributed by atoms with van der Waals surface area (Å²) in [6.45, 7) is 5.98. The summed E-state index contributed by atoms with van der Waals surface area (Å²) in [7, 11) is 0. The van der Waals surface area contributed by atoms with Crippen molar-refractivity contribution >= 4 is 5.91 Å². The molecule has 1 aromatic heterocycles. The number of carbonyl (C=O) groups excluding carboxylic acids is 1. The highest BCUT2D eigenvalue weighted by atomic mass is 16.5. The van der Waals surface area contributed by atoms with Gasteiger partial charge in [0.2, 0.25) is 5.91 Å². The maximum absolute atomic E-state index is 12.8. The van der Waals surface area contributed by atoms with E-state index < -0.39 is 0 Å². The minimum absolute atomic E-state index is 0.177. The molecule has 1 saturated heterocycles. The molecule has 1 fully saturated rings. The van der Waals surface area contributed by atoms with E-state index in [0.29, 0.717) is 19.6 Å². The molecule has 0 unspecified atom stereocenters. The van der Waals surface area contributed by atoms with E-state index in [1.54, 1.807) is 0 Å². The lowest BCUT2D eigenvalue weighted by molar-refractivity contribution is -0.131. The van der Waals surface area contributed by atoms with Crippen LogP contribution < -0.4 is 10.1 Å². The van der Waals surface area contributed by atoms with Crippen LogP contribution in [0.4, 0.5) is 0 Å². The number of carbonyl (C=O) groups is 1. The number of nitrogens with zero attached hydrogens (tertiary/aromatic N) is 3. The van der Waals surface area contributed by atoms with Crippen LogP contribution in [-0.4, -0.2) is 47.0 Å². The van der Waals surface area contributed by atoms with Crippen LogP contribution >= 0.6 is 0 Å². The second kappa shape index (κ2) is 8.69. The number of nitrogens with one attached hydrogen (secondary N) is 1. The number of ether oxygens (including phenoxy) is 1. The van der Waals surface area contributed by atoms with Gasteiger partial charge in [-0.25, -0.2) is 9.97 Å². The molecule has 2 aromatic rings. The predicted octanol–water partition coefficient (Wildman–Crippen LogP) is 2.47. The van der Waals surface area contributed by atoms with Gasteiger partial charge >= 0.3 is 0 Å². The Morgan fingerprint density at radius 3 is 3.00 bits per heavy atom. The van der Waals surface area contributed by atoms with Gasteiger partial charge in [-0.05, 0) is 37.5 Å². The Bertz CT molecular complexity index is 822. The van der Waals surface area contributed by atoms with Crippen molar-refractivity contribution in [2.24, 2.45) is 0 Å². The number of hydrogen-bond donors (Lipinski definition) is 1. The van der Waals surface area contributed by atoms with E-state index in [9.17, 15) is 4.79 Å². The SMILES string of the molecule is CCOc1ccc(CC(=O)N2CCC[C@H](c3ncc4c(n3)CCNC4)C2)cc1. The van der Waals surface area contributed by atoms with Crippen LogP contribution in [0, 0.1) is 0 Å². The van der Waals surface area contributed by atoms with Crippen molar-refractivity contribution in [1.82, 2.24) is 20.2 Å². The molecule has 6 nitrogen and oxygen atoms in total. The molecular formula is C22H28N4O2. The molecule has 0 bridgehead atoms. The summed E-state index contributed by atoms with van der Waals surface area (Å²) >= 11 is 0. The molecule has 0 radical (unpaired) electrons. The molecular weight excluding hydrogens is 352 g/mol. The lowest BCUT2D eigenvalue weighted by Gasteiger charge is -2.32. The Hall–Kier alpha value is -2.47. The van der Waals surface area contributed by atoms with Gasteiger partial charge in [0, 0.05) is 56.0 Å². The summed E-state index contributed by atoms with van der Waals surface area (Å²) in [5, 5.41) is 3.35. The maximum atomic E-state index is 12.8. The van der Waals surface area contributed by atoms with E-state index in [1.807, 2.05) is 42.3 Å². The minimum atomic E-state index is 0.177. The molecule has 4 rings (SSSR count). The van der Waals surface area contributed by atoms with E-state index >= 15 is 0 Å². The lowest BCUT2D eigenvalue weighted by Crippen LogP contribution is -2.40. The average molecular weight is 380 g/mol. The highest BCUT2D eigenvalue weighted by molar-refractivity contribution is 5.79. The van der Waals surface area contributed by atoms with Crippen molar-refractivity contribution in [2.75, 3.05) is 26.2 Å². The Labute approximate surface area is 166 Å². The largest absolute Gasteiger partial charge is 0.494 e. The first-order valence-corrected chi connectivity index (χ1v) is 10.3. The third-order valence-electron chi connectivity index (χ3n) is 5.56. The Kier molecular flexibility index (Phi) is 5.86. The molecule has 0 saturated carbocycles. The molecule has 1 N–H and O–H groups in total. The topological polar surface area (TPSA) is 67.3 Å². The normalized spacial score (nSPS) is 19.2. The molecule has 1 aromatic carbocycles. The molecule has 0 aliphatic carbocycles. The molecule has 0 spiro atoms. The molecule has 148 valence electrons. The van der Waals surface area contributed by atoms with Gasteiger partial charge in [0.25, 0.3) is 0 Å². The van der Waals surface area contributed by atoms with Crippen molar-refractivity contribution < 1.29 is 9.53 Å². The first-order valence-electron chi connectivity index (χ1n) is 10.3. The Morgan fingerprint density at radius 1 is 1.32 bits per heavy atom. The summed E-state index contributed by atoms with van der Waals surface area (Å²) in [5.41, 5.74) is 3.39. The third kappa shape index (κ3) is 4.33. The van der Waals surface area contributed by atoms with Gasteiger partial charge in [0.15, 0.2) is 0 Å². The number of fused-ring (bicyclic) bond motifs is 1. The van der Waals surface area contributed by atoms with E-state index in [0.717, 1.165) is 56.0 Å². The first kappa shape index (κ1) is 18.9. The highest BCUT2D eigenvalue weighted by Gasteiger charge is 2.27. The molecule has 28 heavy (non-hydrogen) atoms. The Morgan fingerprint density at radius 2 is 2.18 bits per heavy atom. The number of piperidine rings is 1. The third-order valence-corrected chi connectivity index (χ3v) is 5.56. The maximum Gasteiger partial charge on any atom is 0.227 e. The number of likely N-dealkylation sites (tertiary alicyclic amines) is 1. The molecule has 1 atom stereocenters. The number of aromatic nitrogens is 2. The zero-order valence-corrected chi connectivity index (χ0v) is 16.5. The van der Waals surface area contributed by atoms with Gasteiger partial charge in [-0.2, -0.15) is 0 Å². The van der Waals surface area contributed by atoms with Crippen LogP contribution in [0.2, 0.25) is 0 Å². The van der Waals surface area contributed by atoms with Gasteiger partial charge in [-0.15, -0.1) is 0 Å². The average Bonchev–Trinajstić information content (AvgIpc) is 2.75. The summed E-state index contributed by atoms with van der Waals surface area (Å²) in [6.07, 6.45) is 5.39. The highest BCUT2D eigenvalue weighted by Crippen LogP contribution is 2.26. The van der Waals surface area contributed by atoms with Gasteiger partial charge < -0.3 is 15.0 Å². The van der Waals surface area contributed by atoms with Gasteiger partial charge in [-0.1, -0.05) is 12.1 Å². The number of rotatable bonds is 5. The summed E-state index contributed by atoms with van der Waals surface area (Å²) in [4.78, 5) is 24.3. The number of hydrogen-bond acceptors (Lipinski definition) is 5. The first-order chi connectivity index (χ1) is 13.7. The van der Waals surface area contributed by atoms with E-state index in [4.69, 9.17) is 9.72 Å². The van der Waals surface area contributed by atoms with Gasteiger partial charge in [0.1, 0.15) is 11.6 Å². The fraction of sp³-hybridized carbons (Fsp3) is 0.500. The van der Waals surface area contributed by atoms with Crippen LogP contribution in [0.5, 0.6) is 5.75 Å². The van der Waals surface area contributed by atoms with Crippen molar-refractivity contribution in [3.63, 3.8) is 0 Å². The van der Waals surface area contributed by atoms with Gasteiger partial charge in [-0.3, -0.25) is 4.79 Å². The van der Waals surface area contributed by atoms with E-state index in [-0.39, 0.29) is 11.8 Å². The van der Waals surface area contributed by atoms with Crippen molar-refractivity contribution in [3.8, 4) is 5.75 Å². The standard InChI is InChI=1S/C22H28N4O2/c1-2-28-19-7-5-16(6-8-19)12-21(27)26-11-3-4-17(15-26)22-24-14-18-13-23-10-9-20(18)25-22/h5-8,14,17,23H,2-4,9-13,15H2,1H3/t17-/m0/s1. The van der Waals surface area contributed by atoms with E-state index in [2.05, 4.69) is 10.3 Å². The zero-order chi connectivity index (χ0) is 19.3. The number of benzene rings is 1. The second-order valence-corrected chi connectivity index (χ2v) is 7.56. The van der Waals surface area contributed by atoms with Crippen LogP contribution in [0.25, 0.3) is 0 Å². The Balaban J connectivity index is 1.39. The van der Waals surface area contributed by atoms with Crippen LogP contribution in [0.1, 0.15) is 48.3 Å². The van der Waals surface area contributed by atoms with Crippen molar-refractivity contribution in [2.45, 2.75) is 45.1 Å². The van der Waals surface area contributed by atoms with Crippen LogP contribution in [-0.2, 0) is 24.2 Å². The monoisotopic (exact) mass is 380 g/mol. The molecule has 6 heteroatoms. The number of amides is 1. The predicted molar refractivity (Wildman–Crippen MR) is 107 cm³/mol. The fourth-order valence-corrected chi connectivity index (χ4v) is 4.02. The van der Waals surface area contributed by atoms with Crippen LogP contribution in [0.15, 0.2) is 30.5 Å². The van der Waals surface area contributed by atoms with Crippen molar-refractivity contribution in [3.05, 3.63) is 53.1 Å². The van der Waals surface area contributed by atoms with Crippen molar-refractivity contribution in [1.29, 1.82) is 0 Å². The fourth-order valence-electron chi connectivity index (χ4n) is 4.02. The molecule has 1 amide bonds. The molecule has 2 aliphatic rings. The zero-order valence-electron chi connectivity index (χ0n) is 16.5. The summed E-state index contributed by atoms with van der Waals surface area (Å²) in [6, 6.07) is 7.82. The van der Waals surface area contributed by atoms with E-state index in [1.165, 1.54) is 11.3 Å². The smallest absolute Gasteiger partial charge is 0.227 e. The summed E-state index contributed by atoms with van der Waals surface area (Å²) < 4.78 is 5.47. The molecule has 2 aliphatic heterocycles.